The molecule has 10 heteroatoms. The molecule has 0 radical (unpaired) electrons. The summed E-state index contributed by atoms with van der Waals surface area (Å²) < 4.78 is 7.14. The summed E-state index contributed by atoms with van der Waals surface area (Å²) in [5, 5.41) is 4.19. The highest BCUT2D eigenvalue weighted by Gasteiger charge is 2.23. The highest BCUT2D eigenvalue weighted by molar-refractivity contribution is 5.95. The second kappa shape index (κ2) is 6.37. The van der Waals surface area contributed by atoms with Gasteiger partial charge in [-0.25, -0.2) is 15.0 Å². The standard InChI is InChI=1S/C16H20N8O2/c1-22(2)16(25)14-18-11-13(20-14)19-12(10-8-17-23(3)9-10)21-15(11)24-4-6-26-7-5-24/h8-9H,4-7H2,1-3H3,(H,18,19,20,21). The fourth-order valence-electron chi connectivity index (χ4n) is 2.86. The molecule has 0 unspecified atom stereocenters. The van der Waals surface area contributed by atoms with E-state index < -0.39 is 0 Å². The fourth-order valence-corrected chi connectivity index (χ4v) is 2.86. The van der Waals surface area contributed by atoms with Crippen LogP contribution in [-0.4, -0.2) is 80.9 Å². The maximum absolute atomic E-state index is 12.3. The number of rotatable bonds is 3. The van der Waals surface area contributed by atoms with Crippen LogP contribution in [0, 0.1) is 0 Å². The van der Waals surface area contributed by atoms with Gasteiger partial charge in [-0.05, 0) is 0 Å². The zero-order valence-corrected chi connectivity index (χ0v) is 14.9. The topological polar surface area (TPSA) is 105 Å². The zero-order chi connectivity index (χ0) is 18.3. The number of ether oxygens (including phenoxy) is 1. The number of H-pyrrole nitrogens is 1. The smallest absolute Gasteiger partial charge is 0.289 e. The van der Waals surface area contributed by atoms with Crippen molar-refractivity contribution in [2.24, 2.45) is 7.05 Å². The molecule has 136 valence electrons. The van der Waals surface area contributed by atoms with Gasteiger partial charge in [0.05, 0.1) is 25.0 Å². The maximum atomic E-state index is 12.3. The van der Waals surface area contributed by atoms with E-state index in [1.54, 1.807) is 25.0 Å². The number of hydrogen-bond acceptors (Lipinski definition) is 7. The lowest BCUT2D eigenvalue weighted by Crippen LogP contribution is -2.37. The van der Waals surface area contributed by atoms with Crippen molar-refractivity contribution in [1.82, 2.24) is 34.6 Å². The van der Waals surface area contributed by atoms with Crippen LogP contribution in [0.1, 0.15) is 10.6 Å². The predicted octanol–water partition coefficient (Wildman–Crippen LogP) is 0.292. The molecule has 0 aromatic carbocycles. The Morgan fingerprint density at radius 2 is 2.00 bits per heavy atom. The number of hydrogen-bond donors (Lipinski definition) is 1. The van der Waals surface area contributed by atoms with Crippen LogP contribution >= 0.6 is 0 Å². The van der Waals surface area contributed by atoms with E-state index in [1.165, 1.54) is 4.90 Å². The highest BCUT2D eigenvalue weighted by atomic mass is 16.5. The van der Waals surface area contributed by atoms with E-state index in [2.05, 4.69) is 25.0 Å². The minimum atomic E-state index is -0.209. The molecule has 1 saturated heterocycles. The number of nitrogens with zero attached hydrogens (tertiary/aromatic N) is 7. The van der Waals surface area contributed by atoms with E-state index in [4.69, 9.17) is 9.72 Å². The number of fused-ring (bicyclic) bond motifs is 1. The molecule has 4 rings (SSSR count). The number of anilines is 1. The van der Waals surface area contributed by atoms with Crippen molar-refractivity contribution in [3.63, 3.8) is 0 Å². The minimum absolute atomic E-state index is 0.209. The van der Waals surface area contributed by atoms with Crippen molar-refractivity contribution >= 4 is 22.9 Å². The molecule has 1 aliphatic rings. The van der Waals surface area contributed by atoms with Crippen molar-refractivity contribution in [2.75, 3.05) is 45.3 Å². The molecule has 0 atom stereocenters. The molecule has 1 amide bonds. The Bertz CT molecular complexity index is 954. The van der Waals surface area contributed by atoms with Gasteiger partial charge in [0.15, 0.2) is 28.6 Å². The maximum Gasteiger partial charge on any atom is 0.289 e. The molecule has 1 aliphatic heterocycles. The van der Waals surface area contributed by atoms with Crippen LogP contribution in [0.4, 0.5) is 5.82 Å². The largest absolute Gasteiger partial charge is 0.378 e. The summed E-state index contributed by atoms with van der Waals surface area (Å²) in [4.78, 5) is 32.7. The van der Waals surface area contributed by atoms with Gasteiger partial charge in [0.25, 0.3) is 5.91 Å². The van der Waals surface area contributed by atoms with Crippen LogP contribution < -0.4 is 4.90 Å². The van der Waals surface area contributed by atoms with E-state index in [0.717, 1.165) is 5.56 Å². The number of nitrogens with one attached hydrogen (secondary N) is 1. The lowest BCUT2D eigenvalue weighted by atomic mass is 10.3. The first kappa shape index (κ1) is 16.5. The Morgan fingerprint density at radius 3 is 2.65 bits per heavy atom. The Balaban J connectivity index is 1.87. The summed E-state index contributed by atoms with van der Waals surface area (Å²) in [7, 11) is 5.21. The van der Waals surface area contributed by atoms with Gasteiger partial charge in [-0.2, -0.15) is 5.10 Å². The average molecular weight is 356 g/mol. The van der Waals surface area contributed by atoms with Gasteiger partial charge >= 0.3 is 0 Å². The minimum Gasteiger partial charge on any atom is -0.378 e. The first-order valence-electron chi connectivity index (χ1n) is 8.34. The molecule has 0 bridgehead atoms. The number of carbonyl (C=O) groups excluding carboxylic acids is 1. The molecule has 26 heavy (non-hydrogen) atoms. The summed E-state index contributed by atoms with van der Waals surface area (Å²) in [6.45, 7) is 2.67. The van der Waals surface area contributed by atoms with Gasteiger partial charge in [-0.3, -0.25) is 9.48 Å². The third-order valence-electron chi connectivity index (χ3n) is 4.21. The SMILES string of the molecule is CN(C)C(=O)c1nc2c(N3CCOCC3)nc(-c3cnn(C)c3)nc2[nH]1. The van der Waals surface area contributed by atoms with Crippen LogP contribution in [0.15, 0.2) is 12.4 Å². The molecule has 0 spiro atoms. The third-order valence-corrected chi connectivity index (χ3v) is 4.21. The monoisotopic (exact) mass is 356 g/mol. The Labute approximate surface area is 149 Å². The Kier molecular flexibility index (Phi) is 4.03. The van der Waals surface area contributed by atoms with Crippen LogP contribution in [0.3, 0.4) is 0 Å². The van der Waals surface area contributed by atoms with Crippen molar-refractivity contribution in [3.8, 4) is 11.4 Å². The number of aromatic nitrogens is 6. The lowest BCUT2D eigenvalue weighted by Gasteiger charge is -2.27. The number of imidazole rings is 1. The quantitative estimate of drug-likeness (QED) is 0.719. The van der Waals surface area contributed by atoms with Gasteiger partial charge < -0.3 is 19.5 Å². The predicted molar refractivity (Wildman–Crippen MR) is 94.9 cm³/mol. The molecular formula is C16H20N8O2. The van der Waals surface area contributed by atoms with Gasteiger partial charge in [-0.15, -0.1) is 0 Å². The Hall–Kier alpha value is -3.01. The number of morpholine rings is 1. The van der Waals surface area contributed by atoms with Gasteiger partial charge in [0.1, 0.15) is 0 Å². The van der Waals surface area contributed by atoms with Gasteiger partial charge in [0, 0.05) is 40.4 Å². The van der Waals surface area contributed by atoms with Crippen molar-refractivity contribution < 1.29 is 9.53 Å². The fraction of sp³-hybridized carbons (Fsp3) is 0.438. The molecule has 1 N–H and O–H groups in total. The highest BCUT2D eigenvalue weighted by Crippen LogP contribution is 2.27. The van der Waals surface area contributed by atoms with E-state index in [0.29, 0.717) is 49.1 Å². The van der Waals surface area contributed by atoms with Crippen molar-refractivity contribution in [3.05, 3.63) is 18.2 Å². The van der Waals surface area contributed by atoms with Crippen LogP contribution in [0.5, 0.6) is 0 Å². The van der Waals surface area contributed by atoms with E-state index in [-0.39, 0.29) is 11.7 Å². The average Bonchev–Trinajstić information content (AvgIpc) is 3.26. The summed E-state index contributed by atoms with van der Waals surface area (Å²) in [6, 6.07) is 0. The van der Waals surface area contributed by atoms with Gasteiger partial charge in [0.2, 0.25) is 0 Å². The molecule has 1 fully saturated rings. The van der Waals surface area contributed by atoms with Crippen LogP contribution in [0.25, 0.3) is 22.6 Å². The molecule has 3 aromatic heterocycles. The number of aryl methyl sites for hydroxylation is 1. The summed E-state index contributed by atoms with van der Waals surface area (Å²) in [6.07, 6.45) is 3.57. The van der Waals surface area contributed by atoms with Crippen LogP contribution in [0.2, 0.25) is 0 Å². The van der Waals surface area contributed by atoms with Crippen molar-refractivity contribution in [2.45, 2.75) is 0 Å². The second-order valence-electron chi connectivity index (χ2n) is 6.36. The molecule has 10 nitrogen and oxygen atoms in total. The first-order valence-corrected chi connectivity index (χ1v) is 8.34. The second-order valence-corrected chi connectivity index (χ2v) is 6.36. The molecule has 0 aliphatic carbocycles. The zero-order valence-electron chi connectivity index (χ0n) is 14.9. The Morgan fingerprint density at radius 1 is 1.23 bits per heavy atom. The summed E-state index contributed by atoms with van der Waals surface area (Å²) in [5.41, 5.74) is 1.93. The molecule has 0 saturated carbocycles. The van der Waals surface area contributed by atoms with Crippen molar-refractivity contribution in [1.29, 1.82) is 0 Å². The van der Waals surface area contributed by atoms with E-state index in [1.807, 2.05) is 13.2 Å². The summed E-state index contributed by atoms with van der Waals surface area (Å²) >= 11 is 0. The molecular weight excluding hydrogens is 336 g/mol. The van der Waals surface area contributed by atoms with Gasteiger partial charge in [-0.1, -0.05) is 0 Å². The normalized spacial score (nSPS) is 14.8. The number of carbonyl (C=O) groups is 1. The molecule has 3 aromatic rings. The third kappa shape index (κ3) is 2.88. The number of amides is 1. The summed E-state index contributed by atoms with van der Waals surface area (Å²) in [5.74, 6) is 1.28. The lowest BCUT2D eigenvalue weighted by molar-refractivity contribution is 0.0817. The van der Waals surface area contributed by atoms with E-state index in [9.17, 15) is 4.79 Å². The number of aromatic amines is 1. The van der Waals surface area contributed by atoms with Crippen LogP contribution in [-0.2, 0) is 11.8 Å². The molecule has 4 heterocycles. The van der Waals surface area contributed by atoms with E-state index >= 15 is 0 Å². The first-order chi connectivity index (χ1) is 12.5.